The van der Waals surface area contributed by atoms with E-state index in [4.69, 9.17) is 0 Å². The molecule has 0 unspecified atom stereocenters. The van der Waals surface area contributed by atoms with E-state index < -0.39 is 11.7 Å². The van der Waals surface area contributed by atoms with Crippen LogP contribution in [0.25, 0.3) is 0 Å². The van der Waals surface area contributed by atoms with Gasteiger partial charge in [-0.3, -0.25) is 4.79 Å². The fourth-order valence-electron chi connectivity index (χ4n) is 3.77. The number of amides is 1. The zero-order valence-corrected chi connectivity index (χ0v) is 16.2. The van der Waals surface area contributed by atoms with Crippen LogP contribution >= 0.6 is 0 Å². The van der Waals surface area contributed by atoms with Crippen LogP contribution < -0.4 is 0 Å². The molecule has 1 fully saturated rings. The second kappa shape index (κ2) is 8.37. The number of carbonyl (C=O) groups is 1. The Labute approximate surface area is 163 Å². The number of hydrogen-bond acceptors (Lipinski definition) is 2. The maximum Gasteiger partial charge on any atom is 0.416 e. The number of carbonyl (C=O) groups excluding carboxylic acids is 1. The molecule has 7 heteroatoms. The van der Waals surface area contributed by atoms with Crippen molar-refractivity contribution in [3.8, 4) is 0 Å². The van der Waals surface area contributed by atoms with Gasteiger partial charge in [-0.05, 0) is 36.8 Å². The van der Waals surface area contributed by atoms with Crippen LogP contribution in [0, 0.1) is 5.92 Å². The normalized spacial score (nSPS) is 18.9. The van der Waals surface area contributed by atoms with E-state index in [1.807, 2.05) is 6.20 Å². The van der Waals surface area contributed by atoms with Gasteiger partial charge in [-0.25, -0.2) is 4.98 Å². The standard InChI is InChI=1S/C21H26F3N3O/c1-3-11-27-13-10-25-19(27)9-6-12-26(2)20(28)17-14-16(17)15-7-4-5-8-18(15)21(22,23)24/h4-5,7-8,10,13,16-17H,3,6,9,11-12,14H2,1-2H3/t16-,17+/m1/s1. The van der Waals surface area contributed by atoms with Crippen molar-refractivity contribution in [2.45, 2.75) is 51.2 Å². The first-order chi connectivity index (χ1) is 13.3. The summed E-state index contributed by atoms with van der Waals surface area (Å²) < 4.78 is 41.7. The van der Waals surface area contributed by atoms with E-state index in [9.17, 15) is 18.0 Å². The van der Waals surface area contributed by atoms with Crippen LogP contribution in [0.4, 0.5) is 13.2 Å². The van der Waals surface area contributed by atoms with Gasteiger partial charge in [0.25, 0.3) is 0 Å². The SMILES string of the molecule is CCCn1ccnc1CCCN(C)C(=O)[C@H]1C[C@@H]1c1ccccc1C(F)(F)F. The summed E-state index contributed by atoms with van der Waals surface area (Å²) in [5, 5.41) is 0. The summed E-state index contributed by atoms with van der Waals surface area (Å²) >= 11 is 0. The van der Waals surface area contributed by atoms with Crippen molar-refractivity contribution < 1.29 is 18.0 Å². The third-order valence-electron chi connectivity index (χ3n) is 5.31. The summed E-state index contributed by atoms with van der Waals surface area (Å²) in [5.41, 5.74) is -0.385. The fourth-order valence-corrected chi connectivity index (χ4v) is 3.77. The lowest BCUT2D eigenvalue weighted by molar-refractivity contribution is -0.138. The molecule has 1 saturated carbocycles. The Morgan fingerprint density at radius 3 is 2.79 bits per heavy atom. The molecule has 0 aliphatic heterocycles. The number of aromatic nitrogens is 2. The lowest BCUT2D eigenvalue weighted by Crippen LogP contribution is -2.30. The van der Waals surface area contributed by atoms with E-state index in [-0.39, 0.29) is 23.3 Å². The van der Waals surface area contributed by atoms with Gasteiger partial charge >= 0.3 is 6.18 Å². The van der Waals surface area contributed by atoms with Crippen molar-refractivity contribution in [3.63, 3.8) is 0 Å². The fraction of sp³-hybridized carbons (Fsp3) is 0.524. The molecule has 0 spiro atoms. The smallest absolute Gasteiger partial charge is 0.345 e. The highest BCUT2D eigenvalue weighted by atomic mass is 19.4. The molecule has 1 amide bonds. The summed E-state index contributed by atoms with van der Waals surface area (Å²) in [6.45, 7) is 3.60. The summed E-state index contributed by atoms with van der Waals surface area (Å²) in [6, 6.07) is 5.58. The molecule has 28 heavy (non-hydrogen) atoms. The Morgan fingerprint density at radius 1 is 1.32 bits per heavy atom. The van der Waals surface area contributed by atoms with Gasteiger partial charge in [0, 0.05) is 44.9 Å². The molecular weight excluding hydrogens is 367 g/mol. The summed E-state index contributed by atoms with van der Waals surface area (Å²) in [6.07, 6.45) is 2.42. The number of aryl methyl sites for hydroxylation is 2. The van der Waals surface area contributed by atoms with Crippen molar-refractivity contribution in [3.05, 3.63) is 53.6 Å². The first kappa shape index (κ1) is 20.4. The average Bonchev–Trinajstić information content (AvgIpc) is 3.34. The van der Waals surface area contributed by atoms with Gasteiger partial charge in [0.1, 0.15) is 5.82 Å². The van der Waals surface area contributed by atoms with Crippen molar-refractivity contribution in [1.29, 1.82) is 0 Å². The maximum absolute atomic E-state index is 13.2. The third kappa shape index (κ3) is 4.56. The van der Waals surface area contributed by atoms with E-state index in [0.29, 0.717) is 13.0 Å². The number of hydrogen-bond donors (Lipinski definition) is 0. The maximum atomic E-state index is 13.2. The molecule has 0 bridgehead atoms. The van der Waals surface area contributed by atoms with Gasteiger partial charge in [-0.15, -0.1) is 0 Å². The molecule has 0 N–H and O–H groups in total. The number of benzene rings is 1. The highest BCUT2D eigenvalue weighted by molar-refractivity contribution is 5.83. The van der Waals surface area contributed by atoms with Gasteiger partial charge in [0.05, 0.1) is 5.56 Å². The molecule has 1 aromatic heterocycles. The molecule has 2 aromatic rings. The minimum atomic E-state index is -4.39. The quantitative estimate of drug-likeness (QED) is 0.662. The van der Waals surface area contributed by atoms with Crippen molar-refractivity contribution >= 4 is 5.91 Å². The lowest BCUT2D eigenvalue weighted by atomic mass is 10.0. The topological polar surface area (TPSA) is 38.1 Å². The molecule has 3 rings (SSSR count). The number of imidazole rings is 1. The highest BCUT2D eigenvalue weighted by Gasteiger charge is 2.48. The molecule has 4 nitrogen and oxygen atoms in total. The zero-order valence-electron chi connectivity index (χ0n) is 16.2. The van der Waals surface area contributed by atoms with Crippen LogP contribution in [-0.4, -0.2) is 34.0 Å². The van der Waals surface area contributed by atoms with Gasteiger partial charge in [-0.2, -0.15) is 13.2 Å². The first-order valence-electron chi connectivity index (χ1n) is 9.74. The summed E-state index contributed by atoms with van der Waals surface area (Å²) in [7, 11) is 1.73. The molecule has 1 aromatic carbocycles. The number of alkyl halides is 3. The lowest BCUT2D eigenvalue weighted by Gasteiger charge is -2.18. The van der Waals surface area contributed by atoms with Crippen LogP contribution in [0.3, 0.4) is 0 Å². The van der Waals surface area contributed by atoms with E-state index >= 15 is 0 Å². The Kier molecular flexibility index (Phi) is 6.10. The first-order valence-corrected chi connectivity index (χ1v) is 9.74. The van der Waals surface area contributed by atoms with Crippen molar-refractivity contribution in [2.24, 2.45) is 5.92 Å². The molecule has 0 saturated heterocycles. The molecule has 1 aliphatic carbocycles. The van der Waals surface area contributed by atoms with Crippen LogP contribution in [0.5, 0.6) is 0 Å². The molecule has 2 atom stereocenters. The van der Waals surface area contributed by atoms with E-state index in [1.165, 1.54) is 12.1 Å². The van der Waals surface area contributed by atoms with Crippen LogP contribution in [-0.2, 0) is 23.9 Å². The predicted molar refractivity (Wildman–Crippen MR) is 101 cm³/mol. The van der Waals surface area contributed by atoms with Gasteiger partial charge in [0.2, 0.25) is 5.91 Å². The Hall–Kier alpha value is -2.31. The van der Waals surface area contributed by atoms with E-state index in [1.54, 1.807) is 24.2 Å². The molecule has 152 valence electrons. The number of nitrogens with zero attached hydrogens (tertiary/aromatic N) is 3. The van der Waals surface area contributed by atoms with Gasteiger partial charge < -0.3 is 9.47 Å². The predicted octanol–water partition coefficient (Wildman–Crippen LogP) is 4.51. The minimum Gasteiger partial charge on any atom is -0.345 e. The Balaban J connectivity index is 1.54. The summed E-state index contributed by atoms with van der Waals surface area (Å²) in [5.74, 6) is 0.247. The molecule has 0 radical (unpaired) electrons. The highest BCUT2D eigenvalue weighted by Crippen LogP contribution is 2.51. The second-order valence-electron chi connectivity index (χ2n) is 7.43. The zero-order chi connectivity index (χ0) is 20.3. The second-order valence-corrected chi connectivity index (χ2v) is 7.43. The largest absolute Gasteiger partial charge is 0.416 e. The van der Waals surface area contributed by atoms with Crippen LogP contribution in [0.2, 0.25) is 0 Å². The van der Waals surface area contributed by atoms with Crippen molar-refractivity contribution in [1.82, 2.24) is 14.5 Å². The number of halogens is 3. The molecule has 1 aliphatic rings. The van der Waals surface area contributed by atoms with Crippen LogP contribution in [0.1, 0.15) is 49.1 Å². The average molecular weight is 393 g/mol. The van der Waals surface area contributed by atoms with Gasteiger partial charge in [0.15, 0.2) is 0 Å². The van der Waals surface area contributed by atoms with Gasteiger partial charge in [-0.1, -0.05) is 25.1 Å². The van der Waals surface area contributed by atoms with Crippen molar-refractivity contribution in [2.75, 3.05) is 13.6 Å². The van der Waals surface area contributed by atoms with E-state index in [0.717, 1.165) is 37.7 Å². The van der Waals surface area contributed by atoms with Crippen LogP contribution in [0.15, 0.2) is 36.7 Å². The van der Waals surface area contributed by atoms with E-state index in [2.05, 4.69) is 16.5 Å². The summed E-state index contributed by atoms with van der Waals surface area (Å²) in [4.78, 5) is 18.6. The molecule has 1 heterocycles. The Bertz CT molecular complexity index is 815. The minimum absolute atomic E-state index is 0.0705. The monoisotopic (exact) mass is 393 g/mol. The Morgan fingerprint density at radius 2 is 2.07 bits per heavy atom. The molecular formula is C21H26F3N3O. The third-order valence-corrected chi connectivity index (χ3v) is 5.31. The number of rotatable bonds is 8.